The summed E-state index contributed by atoms with van der Waals surface area (Å²) < 4.78 is 15.2. The molecule has 0 saturated heterocycles. The molecule has 1 atom stereocenters. The summed E-state index contributed by atoms with van der Waals surface area (Å²) >= 11 is 0. The van der Waals surface area contributed by atoms with Gasteiger partial charge in [0.2, 0.25) is 0 Å². The second-order valence-corrected chi connectivity index (χ2v) is 5.99. The van der Waals surface area contributed by atoms with Crippen LogP contribution in [0.2, 0.25) is 0 Å². The van der Waals surface area contributed by atoms with Crippen LogP contribution in [-0.4, -0.2) is 28.8 Å². The zero-order valence-electron chi connectivity index (χ0n) is 14.6. The highest BCUT2D eigenvalue weighted by molar-refractivity contribution is 5.79. The lowest BCUT2D eigenvalue weighted by Gasteiger charge is -2.16. The summed E-state index contributed by atoms with van der Waals surface area (Å²) in [5.41, 5.74) is 1.64. The molecule has 1 aromatic heterocycles. The smallest absolute Gasteiger partial charge is 0.191 e. The van der Waals surface area contributed by atoms with E-state index in [1.165, 1.54) is 6.07 Å². The monoisotopic (exact) mass is 331 g/mol. The zero-order valence-corrected chi connectivity index (χ0v) is 14.6. The van der Waals surface area contributed by atoms with Crippen LogP contribution in [0.15, 0.2) is 41.7 Å². The minimum absolute atomic E-state index is 0.180. The number of aliphatic imine (C=N–C) groups is 1. The quantitative estimate of drug-likeness (QED) is 0.606. The lowest BCUT2D eigenvalue weighted by molar-refractivity contribution is 0.443. The van der Waals surface area contributed by atoms with Crippen LogP contribution in [0.1, 0.15) is 25.0 Å². The molecule has 2 aromatic rings. The molecule has 0 aliphatic carbocycles. The van der Waals surface area contributed by atoms with Crippen molar-refractivity contribution >= 4 is 5.96 Å². The Morgan fingerprint density at radius 2 is 2.21 bits per heavy atom. The number of nitrogens with zero attached hydrogens (tertiary/aromatic N) is 3. The molecule has 24 heavy (non-hydrogen) atoms. The molecular formula is C18H26FN5. The summed E-state index contributed by atoms with van der Waals surface area (Å²) in [5, 5.41) is 10.8. The van der Waals surface area contributed by atoms with Crippen LogP contribution in [0.25, 0.3) is 0 Å². The van der Waals surface area contributed by atoms with E-state index in [4.69, 9.17) is 0 Å². The number of aryl methyl sites for hydroxylation is 1. The Morgan fingerprint density at radius 1 is 1.38 bits per heavy atom. The third-order valence-electron chi connectivity index (χ3n) is 3.66. The number of hydrogen-bond donors (Lipinski definition) is 2. The number of hydrogen-bond acceptors (Lipinski definition) is 2. The summed E-state index contributed by atoms with van der Waals surface area (Å²) in [6, 6.07) is 7.03. The Hall–Kier alpha value is -2.37. The van der Waals surface area contributed by atoms with Gasteiger partial charge in [-0.1, -0.05) is 19.1 Å². The van der Waals surface area contributed by atoms with Gasteiger partial charge in [-0.25, -0.2) is 9.38 Å². The third-order valence-corrected chi connectivity index (χ3v) is 3.66. The molecule has 130 valence electrons. The maximum absolute atomic E-state index is 13.3. The highest BCUT2D eigenvalue weighted by atomic mass is 19.1. The van der Waals surface area contributed by atoms with Crippen LogP contribution in [-0.2, 0) is 13.1 Å². The lowest BCUT2D eigenvalue weighted by atomic mass is 10.1. The molecule has 0 spiro atoms. The highest BCUT2D eigenvalue weighted by Gasteiger charge is 2.05. The van der Waals surface area contributed by atoms with E-state index in [2.05, 4.69) is 27.6 Å². The summed E-state index contributed by atoms with van der Waals surface area (Å²) in [6.45, 7) is 8.94. The van der Waals surface area contributed by atoms with E-state index in [1.807, 2.05) is 29.9 Å². The number of nitrogens with one attached hydrogen (secondary N) is 2. The van der Waals surface area contributed by atoms with Crippen molar-refractivity contribution in [1.82, 2.24) is 20.4 Å². The first-order valence-electron chi connectivity index (χ1n) is 8.33. The van der Waals surface area contributed by atoms with Crippen molar-refractivity contribution < 1.29 is 4.39 Å². The van der Waals surface area contributed by atoms with Gasteiger partial charge in [0.15, 0.2) is 5.96 Å². The van der Waals surface area contributed by atoms with Gasteiger partial charge in [-0.3, -0.25) is 4.68 Å². The van der Waals surface area contributed by atoms with Crippen LogP contribution in [0.3, 0.4) is 0 Å². The second kappa shape index (κ2) is 9.05. The van der Waals surface area contributed by atoms with E-state index in [0.29, 0.717) is 18.0 Å². The molecular weight excluding hydrogens is 305 g/mol. The van der Waals surface area contributed by atoms with Crippen molar-refractivity contribution in [3.63, 3.8) is 0 Å². The predicted molar refractivity (Wildman–Crippen MR) is 95.3 cm³/mol. The van der Waals surface area contributed by atoms with E-state index in [-0.39, 0.29) is 5.82 Å². The molecule has 1 heterocycles. The molecule has 6 heteroatoms. The summed E-state index contributed by atoms with van der Waals surface area (Å²) in [5.74, 6) is 1.01. The molecule has 2 rings (SSSR count). The maximum atomic E-state index is 13.3. The fourth-order valence-corrected chi connectivity index (χ4v) is 2.38. The van der Waals surface area contributed by atoms with E-state index < -0.39 is 0 Å². The molecule has 0 saturated carbocycles. The van der Waals surface area contributed by atoms with Gasteiger partial charge in [-0.05, 0) is 43.0 Å². The lowest BCUT2D eigenvalue weighted by Crippen LogP contribution is -2.40. The first-order valence-corrected chi connectivity index (χ1v) is 8.33. The maximum Gasteiger partial charge on any atom is 0.191 e. The minimum atomic E-state index is -0.180. The molecule has 2 N–H and O–H groups in total. The van der Waals surface area contributed by atoms with Gasteiger partial charge in [0.1, 0.15) is 5.82 Å². The van der Waals surface area contributed by atoms with Gasteiger partial charge < -0.3 is 10.6 Å². The minimum Gasteiger partial charge on any atom is -0.357 e. The normalized spacial score (nSPS) is 12.9. The molecule has 0 aliphatic heterocycles. The van der Waals surface area contributed by atoms with Crippen molar-refractivity contribution in [3.05, 3.63) is 53.6 Å². The average molecular weight is 331 g/mol. The number of benzene rings is 1. The summed E-state index contributed by atoms with van der Waals surface area (Å²) in [4.78, 5) is 4.57. The molecule has 5 nitrogen and oxygen atoms in total. The standard InChI is InChI=1S/C18H26FN5/c1-4-20-18(21-11-14(2)13-24-9-5-8-23-24)22-12-16-6-7-17(19)15(3)10-16/h5-10,14H,4,11-13H2,1-3H3,(H2,20,21,22). The van der Waals surface area contributed by atoms with Crippen molar-refractivity contribution in [1.29, 1.82) is 0 Å². The molecule has 0 amide bonds. The SMILES string of the molecule is CCNC(=NCc1ccc(F)c(C)c1)NCC(C)Cn1cccn1. The van der Waals surface area contributed by atoms with Gasteiger partial charge in [-0.15, -0.1) is 0 Å². The van der Waals surface area contributed by atoms with E-state index in [0.717, 1.165) is 31.2 Å². The van der Waals surface area contributed by atoms with E-state index in [9.17, 15) is 4.39 Å². The zero-order chi connectivity index (χ0) is 17.4. The number of halogens is 1. The van der Waals surface area contributed by atoms with Crippen LogP contribution in [0.4, 0.5) is 4.39 Å². The number of rotatable bonds is 7. The van der Waals surface area contributed by atoms with Gasteiger partial charge in [0.25, 0.3) is 0 Å². The second-order valence-electron chi connectivity index (χ2n) is 5.99. The van der Waals surface area contributed by atoms with Gasteiger partial charge in [-0.2, -0.15) is 5.10 Å². The molecule has 0 fully saturated rings. The van der Waals surface area contributed by atoms with Crippen molar-refractivity contribution in [2.75, 3.05) is 13.1 Å². The van der Waals surface area contributed by atoms with Crippen molar-refractivity contribution in [2.24, 2.45) is 10.9 Å². The Kier molecular flexibility index (Phi) is 6.78. The molecule has 0 bridgehead atoms. The number of aromatic nitrogens is 2. The molecule has 0 aliphatic rings. The third kappa shape index (κ3) is 5.68. The highest BCUT2D eigenvalue weighted by Crippen LogP contribution is 2.10. The van der Waals surface area contributed by atoms with Crippen molar-refractivity contribution in [3.8, 4) is 0 Å². The average Bonchev–Trinajstić information content (AvgIpc) is 3.06. The van der Waals surface area contributed by atoms with Gasteiger partial charge >= 0.3 is 0 Å². The Morgan fingerprint density at radius 3 is 2.88 bits per heavy atom. The number of guanidine groups is 1. The largest absolute Gasteiger partial charge is 0.357 e. The van der Waals surface area contributed by atoms with Gasteiger partial charge in [0, 0.05) is 32.0 Å². The van der Waals surface area contributed by atoms with Crippen LogP contribution < -0.4 is 10.6 Å². The molecule has 1 unspecified atom stereocenters. The van der Waals surface area contributed by atoms with Crippen LogP contribution in [0, 0.1) is 18.7 Å². The van der Waals surface area contributed by atoms with Gasteiger partial charge in [0.05, 0.1) is 6.54 Å². The van der Waals surface area contributed by atoms with Crippen molar-refractivity contribution in [2.45, 2.75) is 33.9 Å². The van der Waals surface area contributed by atoms with Crippen LogP contribution in [0.5, 0.6) is 0 Å². The Balaban J connectivity index is 1.88. The van der Waals surface area contributed by atoms with E-state index >= 15 is 0 Å². The first-order chi connectivity index (χ1) is 11.6. The molecule has 0 radical (unpaired) electrons. The summed E-state index contributed by atoms with van der Waals surface area (Å²) in [7, 11) is 0. The molecule has 1 aromatic carbocycles. The van der Waals surface area contributed by atoms with E-state index in [1.54, 1.807) is 19.2 Å². The predicted octanol–water partition coefficient (Wildman–Crippen LogP) is 2.72. The van der Waals surface area contributed by atoms with Crippen LogP contribution >= 0.6 is 0 Å². The Labute approximate surface area is 143 Å². The Bertz CT molecular complexity index is 651. The fraction of sp³-hybridized carbons (Fsp3) is 0.444. The fourth-order valence-electron chi connectivity index (χ4n) is 2.38. The topological polar surface area (TPSA) is 54.2 Å². The first kappa shape index (κ1) is 18.0. The summed E-state index contributed by atoms with van der Waals surface area (Å²) in [6.07, 6.45) is 3.75.